The Kier molecular flexibility index (Phi) is 4.48. The summed E-state index contributed by atoms with van der Waals surface area (Å²) in [6, 6.07) is 6.10. The summed E-state index contributed by atoms with van der Waals surface area (Å²) in [7, 11) is 5.29. The van der Waals surface area contributed by atoms with Gasteiger partial charge in [0.25, 0.3) is 0 Å². The molecule has 1 aromatic rings. The second-order valence-electron chi connectivity index (χ2n) is 4.26. The summed E-state index contributed by atoms with van der Waals surface area (Å²) in [6.07, 6.45) is 1.06. The third kappa shape index (κ3) is 2.48. The first-order valence-electron chi connectivity index (χ1n) is 5.90. The van der Waals surface area contributed by atoms with Crippen LogP contribution in [0.15, 0.2) is 22.7 Å². The van der Waals surface area contributed by atoms with E-state index in [-0.39, 0.29) is 12.2 Å². The molecule has 2 rings (SSSR count). The highest BCUT2D eigenvalue weighted by molar-refractivity contribution is 9.10. The molecule has 0 saturated heterocycles. The lowest BCUT2D eigenvalue weighted by atomic mass is 9.85. The lowest BCUT2D eigenvalue weighted by Gasteiger charge is -2.43. The van der Waals surface area contributed by atoms with Crippen molar-refractivity contribution in [2.75, 3.05) is 21.3 Å². The number of para-hydroxylation sites is 1. The van der Waals surface area contributed by atoms with Gasteiger partial charge in [0.1, 0.15) is 12.2 Å². The molecular weight excluding hydrogens is 298 g/mol. The van der Waals surface area contributed by atoms with E-state index in [0.717, 1.165) is 22.4 Å². The smallest absolute Gasteiger partial charge is 0.175 e. The fraction of sp³-hybridized carbons (Fsp3) is 0.538. The highest BCUT2D eigenvalue weighted by Gasteiger charge is 2.42. The van der Waals surface area contributed by atoms with Gasteiger partial charge in [0.05, 0.1) is 11.6 Å². The molecule has 1 aliphatic carbocycles. The van der Waals surface area contributed by atoms with Crippen LogP contribution in [0.25, 0.3) is 0 Å². The first kappa shape index (κ1) is 13.6. The van der Waals surface area contributed by atoms with E-state index in [1.165, 1.54) is 0 Å². The SMILES string of the molecule is CNC1CC(Oc2c(Br)cccc2OC)C1OC. The van der Waals surface area contributed by atoms with E-state index in [1.54, 1.807) is 14.2 Å². The second-order valence-corrected chi connectivity index (χ2v) is 5.11. The molecule has 3 atom stereocenters. The molecule has 0 radical (unpaired) electrons. The Hall–Kier alpha value is -0.780. The lowest BCUT2D eigenvalue weighted by molar-refractivity contribution is -0.0877. The Labute approximate surface area is 116 Å². The van der Waals surface area contributed by atoms with E-state index in [2.05, 4.69) is 21.2 Å². The standard InChI is InChI=1S/C13H18BrNO3/c1-15-9-7-11(13(9)17-3)18-12-8(14)5-4-6-10(12)16-2/h4-6,9,11,13,15H,7H2,1-3H3. The molecule has 0 spiro atoms. The van der Waals surface area contributed by atoms with Crippen LogP contribution in [0.3, 0.4) is 0 Å². The van der Waals surface area contributed by atoms with Gasteiger partial charge < -0.3 is 19.5 Å². The predicted octanol–water partition coefficient (Wildman–Crippen LogP) is 2.21. The number of halogens is 1. The van der Waals surface area contributed by atoms with Crippen LogP contribution in [0, 0.1) is 0 Å². The molecule has 3 unspecified atom stereocenters. The first-order chi connectivity index (χ1) is 8.71. The molecule has 0 heterocycles. The first-order valence-corrected chi connectivity index (χ1v) is 6.69. The van der Waals surface area contributed by atoms with Crippen LogP contribution in [-0.2, 0) is 4.74 Å². The summed E-state index contributed by atoms with van der Waals surface area (Å²) >= 11 is 3.48. The molecule has 1 saturated carbocycles. The molecule has 100 valence electrons. The van der Waals surface area contributed by atoms with Crippen LogP contribution < -0.4 is 14.8 Å². The van der Waals surface area contributed by atoms with Gasteiger partial charge in [-0.2, -0.15) is 0 Å². The van der Waals surface area contributed by atoms with Crippen molar-refractivity contribution >= 4 is 15.9 Å². The van der Waals surface area contributed by atoms with Crippen LogP contribution >= 0.6 is 15.9 Å². The average Bonchev–Trinajstić information content (AvgIpc) is 2.35. The van der Waals surface area contributed by atoms with Gasteiger partial charge in [-0.25, -0.2) is 0 Å². The van der Waals surface area contributed by atoms with E-state index >= 15 is 0 Å². The third-order valence-electron chi connectivity index (χ3n) is 3.31. The number of benzene rings is 1. The van der Waals surface area contributed by atoms with Crippen molar-refractivity contribution in [2.24, 2.45) is 0 Å². The summed E-state index contributed by atoms with van der Waals surface area (Å²) < 4.78 is 17.6. The van der Waals surface area contributed by atoms with E-state index in [1.807, 2.05) is 25.2 Å². The molecule has 0 aliphatic heterocycles. The van der Waals surface area contributed by atoms with Crippen molar-refractivity contribution in [3.05, 3.63) is 22.7 Å². The molecular formula is C13H18BrNO3. The fourth-order valence-electron chi connectivity index (χ4n) is 2.21. The Balaban J connectivity index is 2.11. The van der Waals surface area contributed by atoms with Crippen LogP contribution in [-0.4, -0.2) is 39.5 Å². The molecule has 0 bridgehead atoms. The van der Waals surface area contributed by atoms with Crippen molar-refractivity contribution in [1.29, 1.82) is 0 Å². The van der Waals surface area contributed by atoms with Gasteiger partial charge in [-0.3, -0.25) is 0 Å². The second kappa shape index (κ2) is 5.91. The van der Waals surface area contributed by atoms with Crippen molar-refractivity contribution in [1.82, 2.24) is 5.32 Å². The number of hydrogen-bond donors (Lipinski definition) is 1. The zero-order valence-corrected chi connectivity index (χ0v) is 12.4. The van der Waals surface area contributed by atoms with Gasteiger partial charge >= 0.3 is 0 Å². The maximum Gasteiger partial charge on any atom is 0.175 e. The summed E-state index contributed by atoms with van der Waals surface area (Å²) in [6.45, 7) is 0. The highest BCUT2D eigenvalue weighted by Crippen LogP contribution is 2.38. The van der Waals surface area contributed by atoms with Gasteiger partial charge in [-0.05, 0) is 35.1 Å². The highest BCUT2D eigenvalue weighted by atomic mass is 79.9. The van der Waals surface area contributed by atoms with E-state index < -0.39 is 0 Å². The zero-order valence-electron chi connectivity index (χ0n) is 10.8. The topological polar surface area (TPSA) is 39.7 Å². The molecule has 4 nitrogen and oxygen atoms in total. The van der Waals surface area contributed by atoms with E-state index in [4.69, 9.17) is 14.2 Å². The van der Waals surface area contributed by atoms with Crippen molar-refractivity contribution in [2.45, 2.75) is 24.7 Å². The Bertz CT molecular complexity index is 413. The quantitative estimate of drug-likeness (QED) is 0.904. The maximum atomic E-state index is 6.00. The number of rotatable bonds is 5. The van der Waals surface area contributed by atoms with E-state index in [9.17, 15) is 0 Å². The fourth-order valence-corrected chi connectivity index (χ4v) is 2.65. The van der Waals surface area contributed by atoms with Gasteiger partial charge in [0.15, 0.2) is 11.5 Å². The number of nitrogens with one attached hydrogen (secondary N) is 1. The van der Waals surface area contributed by atoms with Gasteiger partial charge in [-0.1, -0.05) is 6.07 Å². The summed E-state index contributed by atoms with van der Waals surface area (Å²) in [4.78, 5) is 0. The average molecular weight is 316 g/mol. The van der Waals surface area contributed by atoms with Gasteiger partial charge in [-0.15, -0.1) is 0 Å². The molecule has 1 aliphatic rings. The van der Waals surface area contributed by atoms with Crippen LogP contribution in [0.5, 0.6) is 11.5 Å². The van der Waals surface area contributed by atoms with Crippen molar-refractivity contribution < 1.29 is 14.2 Å². The summed E-state index contributed by atoms with van der Waals surface area (Å²) in [5, 5.41) is 3.21. The van der Waals surface area contributed by atoms with Crippen LogP contribution in [0.1, 0.15) is 6.42 Å². The Morgan fingerprint density at radius 3 is 2.72 bits per heavy atom. The summed E-state index contributed by atoms with van der Waals surface area (Å²) in [5.74, 6) is 1.47. The van der Waals surface area contributed by atoms with Gasteiger partial charge in [0.2, 0.25) is 0 Å². The molecule has 0 aromatic heterocycles. The predicted molar refractivity (Wildman–Crippen MR) is 73.4 cm³/mol. The number of likely N-dealkylation sites (N-methyl/N-ethyl adjacent to an activating group) is 1. The normalized spacial score (nSPS) is 26.6. The van der Waals surface area contributed by atoms with Crippen LogP contribution in [0.4, 0.5) is 0 Å². The Morgan fingerprint density at radius 1 is 1.33 bits per heavy atom. The molecule has 1 aromatic carbocycles. The zero-order chi connectivity index (χ0) is 13.1. The van der Waals surface area contributed by atoms with Gasteiger partial charge in [0, 0.05) is 19.6 Å². The lowest BCUT2D eigenvalue weighted by Crippen LogP contribution is -2.60. The Morgan fingerprint density at radius 2 is 2.11 bits per heavy atom. The minimum atomic E-state index is 0.0556. The van der Waals surface area contributed by atoms with Crippen LogP contribution in [0.2, 0.25) is 0 Å². The number of hydrogen-bond acceptors (Lipinski definition) is 4. The largest absolute Gasteiger partial charge is 0.493 e. The summed E-state index contributed by atoms with van der Waals surface area (Å²) in [5.41, 5.74) is 0. The maximum absolute atomic E-state index is 6.00. The number of ether oxygens (including phenoxy) is 3. The van der Waals surface area contributed by atoms with Crippen molar-refractivity contribution in [3.8, 4) is 11.5 Å². The third-order valence-corrected chi connectivity index (χ3v) is 3.94. The minimum absolute atomic E-state index is 0.0556. The molecule has 1 fully saturated rings. The van der Waals surface area contributed by atoms with E-state index in [0.29, 0.717) is 6.04 Å². The monoisotopic (exact) mass is 315 g/mol. The molecule has 18 heavy (non-hydrogen) atoms. The molecule has 1 N–H and O–H groups in total. The van der Waals surface area contributed by atoms with Crippen molar-refractivity contribution in [3.63, 3.8) is 0 Å². The molecule has 0 amide bonds. The number of methoxy groups -OCH3 is 2. The molecule has 5 heteroatoms. The minimum Gasteiger partial charge on any atom is -0.493 e.